The van der Waals surface area contributed by atoms with Gasteiger partial charge in [-0.05, 0) is 37.6 Å². The molecule has 1 atom stereocenters. The summed E-state index contributed by atoms with van der Waals surface area (Å²) in [6, 6.07) is 5.24. The zero-order valence-electron chi connectivity index (χ0n) is 11.7. The van der Waals surface area contributed by atoms with E-state index in [2.05, 4.69) is 11.0 Å². The molecule has 0 saturated carbocycles. The maximum absolute atomic E-state index is 10.6. The molecule has 0 aliphatic heterocycles. The van der Waals surface area contributed by atoms with Crippen LogP contribution in [0.15, 0.2) is 18.2 Å². The van der Waals surface area contributed by atoms with Crippen molar-refractivity contribution >= 4 is 5.97 Å². The van der Waals surface area contributed by atoms with Gasteiger partial charge in [-0.25, -0.2) is 0 Å². The number of aryl methyl sites for hydroxylation is 1. The fourth-order valence-corrected chi connectivity index (χ4v) is 1.91. The van der Waals surface area contributed by atoms with E-state index in [9.17, 15) is 4.79 Å². The van der Waals surface area contributed by atoms with Crippen LogP contribution in [-0.2, 0) is 11.3 Å². The lowest BCUT2D eigenvalue weighted by molar-refractivity contribution is -0.138. The first-order chi connectivity index (χ1) is 8.93. The highest BCUT2D eigenvalue weighted by molar-refractivity contribution is 5.72. The second-order valence-corrected chi connectivity index (χ2v) is 4.78. The Labute approximate surface area is 114 Å². The molecule has 0 aliphatic carbocycles. The SMILES string of the molecule is COc1ccc(CN(C)CCC(N)C(=O)O)cc1C. The minimum atomic E-state index is -0.950. The maximum atomic E-state index is 10.6. The van der Waals surface area contributed by atoms with Crippen LogP contribution in [0.2, 0.25) is 0 Å². The van der Waals surface area contributed by atoms with Gasteiger partial charge in [-0.2, -0.15) is 0 Å². The van der Waals surface area contributed by atoms with Gasteiger partial charge in [0, 0.05) is 13.1 Å². The van der Waals surface area contributed by atoms with Crippen molar-refractivity contribution in [2.24, 2.45) is 5.73 Å². The Morgan fingerprint density at radius 3 is 2.74 bits per heavy atom. The summed E-state index contributed by atoms with van der Waals surface area (Å²) in [5.74, 6) is -0.0759. The van der Waals surface area contributed by atoms with E-state index in [4.69, 9.17) is 15.6 Å². The van der Waals surface area contributed by atoms with Crippen molar-refractivity contribution in [3.05, 3.63) is 29.3 Å². The predicted octanol–water partition coefficient (Wildman–Crippen LogP) is 1.24. The minimum absolute atomic E-state index is 0.445. The molecule has 0 saturated heterocycles. The highest BCUT2D eigenvalue weighted by Gasteiger charge is 2.12. The topological polar surface area (TPSA) is 75.8 Å². The molecular formula is C14H22N2O3. The average molecular weight is 266 g/mol. The first kappa shape index (κ1) is 15.5. The molecule has 0 radical (unpaired) electrons. The van der Waals surface area contributed by atoms with E-state index in [0.29, 0.717) is 13.0 Å². The van der Waals surface area contributed by atoms with Crippen LogP contribution in [0.5, 0.6) is 5.75 Å². The lowest BCUT2D eigenvalue weighted by Crippen LogP contribution is -2.34. The summed E-state index contributed by atoms with van der Waals surface area (Å²) >= 11 is 0. The summed E-state index contributed by atoms with van der Waals surface area (Å²) in [6.07, 6.45) is 0.445. The smallest absolute Gasteiger partial charge is 0.320 e. The third kappa shape index (κ3) is 4.89. The Hall–Kier alpha value is -1.59. The van der Waals surface area contributed by atoms with Gasteiger partial charge in [0.15, 0.2) is 0 Å². The van der Waals surface area contributed by atoms with Crippen LogP contribution in [0.4, 0.5) is 0 Å². The van der Waals surface area contributed by atoms with Gasteiger partial charge in [-0.1, -0.05) is 12.1 Å². The number of ether oxygens (including phenoxy) is 1. The zero-order chi connectivity index (χ0) is 14.4. The van der Waals surface area contributed by atoms with E-state index in [1.807, 2.05) is 26.1 Å². The number of aliphatic carboxylic acids is 1. The number of rotatable bonds is 7. The van der Waals surface area contributed by atoms with Crippen LogP contribution in [0, 0.1) is 6.92 Å². The molecule has 5 nitrogen and oxygen atoms in total. The van der Waals surface area contributed by atoms with E-state index in [1.54, 1.807) is 7.11 Å². The second-order valence-electron chi connectivity index (χ2n) is 4.78. The molecular weight excluding hydrogens is 244 g/mol. The summed E-state index contributed by atoms with van der Waals surface area (Å²) < 4.78 is 5.21. The molecule has 0 bridgehead atoms. The van der Waals surface area contributed by atoms with E-state index < -0.39 is 12.0 Å². The number of hydrogen-bond acceptors (Lipinski definition) is 4. The number of hydrogen-bond donors (Lipinski definition) is 2. The Kier molecular flexibility index (Phi) is 5.79. The van der Waals surface area contributed by atoms with Crippen molar-refractivity contribution in [3.8, 4) is 5.75 Å². The van der Waals surface area contributed by atoms with E-state index in [-0.39, 0.29) is 0 Å². The van der Waals surface area contributed by atoms with Gasteiger partial charge in [0.1, 0.15) is 11.8 Å². The van der Waals surface area contributed by atoms with Crippen molar-refractivity contribution in [3.63, 3.8) is 0 Å². The molecule has 1 aromatic carbocycles. The second kappa shape index (κ2) is 7.11. The number of nitrogens with zero attached hydrogens (tertiary/aromatic N) is 1. The number of carboxylic acids is 1. The summed E-state index contributed by atoms with van der Waals surface area (Å²) in [5, 5.41) is 8.72. The van der Waals surface area contributed by atoms with Gasteiger partial charge in [0.25, 0.3) is 0 Å². The van der Waals surface area contributed by atoms with Crippen LogP contribution in [0.3, 0.4) is 0 Å². The molecule has 1 aromatic rings. The van der Waals surface area contributed by atoms with Gasteiger partial charge in [-0.15, -0.1) is 0 Å². The van der Waals surface area contributed by atoms with Crippen molar-refractivity contribution < 1.29 is 14.6 Å². The molecule has 3 N–H and O–H groups in total. The highest BCUT2D eigenvalue weighted by atomic mass is 16.5. The third-order valence-electron chi connectivity index (χ3n) is 3.05. The predicted molar refractivity (Wildman–Crippen MR) is 74.3 cm³/mol. The molecule has 0 spiro atoms. The molecule has 0 amide bonds. The van der Waals surface area contributed by atoms with Crippen LogP contribution < -0.4 is 10.5 Å². The third-order valence-corrected chi connectivity index (χ3v) is 3.05. The molecule has 0 aromatic heterocycles. The zero-order valence-corrected chi connectivity index (χ0v) is 11.7. The van der Waals surface area contributed by atoms with Gasteiger partial charge < -0.3 is 20.5 Å². The number of carbonyl (C=O) groups is 1. The molecule has 0 fully saturated rings. The number of benzene rings is 1. The van der Waals surface area contributed by atoms with E-state index >= 15 is 0 Å². The molecule has 0 aliphatic rings. The van der Waals surface area contributed by atoms with Crippen molar-refractivity contribution in [1.29, 1.82) is 0 Å². The molecule has 0 heterocycles. The van der Waals surface area contributed by atoms with Gasteiger partial charge >= 0.3 is 5.97 Å². The molecule has 5 heteroatoms. The normalized spacial score (nSPS) is 12.5. The number of nitrogens with two attached hydrogens (primary N) is 1. The molecule has 1 rings (SSSR count). The molecule has 19 heavy (non-hydrogen) atoms. The monoisotopic (exact) mass is 266 g/mol. The van der Waals surface area contributed by atoms with Crippen molar-refractivity contribution in [1.82, 2.24) is 4.90 Å². The fourth-order valence-electron chi connectivity index (χ4n) is 1.91. The van der Waals surface area contributed by atoms with E-state index in [0.717, 1.165) is 17.9 Å². The Balaban J connectivity index is 2.50. The first-order valence-electron chi connectivity index (χ1n) is 6.24. The maximum Gasteiger partial charge on any atom is 0.320 e. The van der Waals surface area contributed by atoms with Crippen molar-refractivity contribution in [2.45, 2.75) is 25.9 Å². The first-order valence-corrected chi connectivity index (χ1v) is 6.24. The minimum Gasteiger partial charge on any atom is -0.496 e. The lowest BCUT2D eigenvalue weighted by atomic mass is 10.1. The molecule has 1 unspecified atom stereocenters. The Morgan fingerprint density at radius 2 is 2.21 bits per heavy atom. The van der Waals surface area contributed by atoms with Crippen molar-refractivity contribution in [2.75, 3.05) is 20.7 Å². The number of carboxylic acid groups (broad SMARTS) is 1. The Bertz CT molecular complexity index is 435. The average Bonchev–Trinajstić information content (AvgIpc) is 2.36. The standard InChI is InChI=1S/C14H22N2O3/c1-10-8-11(4-5-13(10)19-3)9-16(2)7-6-12(15)14(17)18/h4-5,8,12H,6-7,9,15H2,1-3H3,(H,17,18). The van der Waals surface area contributed by atoms with E-state index in [1.165, 1.54) is 5.56 Å². The summed E-state index contributed by atoms with van der Waals surface area (Å²) in [5.41, 5.74) is 7.74. The van der Waals surface area contributed by atoms with Gasteiger partial charge in [-0.3, -0.25) is 4.79 Å². The van der Waals surface area contributed by atoms with Crippen LogP contribution in [-0.4, -0.2) is 42.7 Å². The van der Waals surface area contributed by atoms with Gasteiger partial charge in [0.05, 0.1) is 7.11 Å². The quantitative estimate of drug-likeness (QED) is 0.776. The van der Waals surface area contributed by atoms with Crippen LogP contribution in [0.1, 0.15) is 17.5 Å². The lowest BCUT2D eigenvalue weighted by Gasteiger charge is -2.18. The summed E-state index contributed by atoms with van der Waals surface area (Å²) in [6.45, 7) is 3.42. The molecule has 106 valence electrons. The number of methoxy groups -OCH3 is 1. The van der Waals surface area contributed by atoms with Gasteiger partial charge in [0.2, 0.25) is 0 Å². The summed E-state index contributed by atoms with van der Waals surface area (Å²) in [4.78, 5) is 12.7. The highest BCUT2D eigenvalue weighted by Crippen LogP contribution is 2.19. The van der Waals surface area contributed by atoms with Crippen LogP contribution >= 0.6 is 0 Å². The Morgan fingerprint density at radius 1 is 1.53 bits per heavy atom. The summed E-state index contributed by atoms with van der Waals surface area (Å²) in [7, 11) is 3.61. The van der Waals surface area contributed by atoms with Crippen LogP contribution in [0.25, 0.3) is 0 Å². The fraction of sp³-hybridized carbons (Fsp3) is 0.500. The largest absolute Gasteiger partial charge is 0.496 e.